The van der Waals surface area contributed by atoms with Gasteiger partial charge in [0.1, 0.15) is 0 Å². The van der Waals surface area contributed by atoms with E-state index in [0.717, 1.165) is 5.92 Å². The average molecular weight is 136 g/mol. The lowest BCUT2D eigenvalue weighted by atomic mass is 9.90. The first kappa shape index (κ1) is 7.59. The van der Waals surface area contributed by atoms with Crippen LogP contribution in [0.1, 0.15) is 32.1 Å². The molecule has 10 heavy (non-hydrogen) atoms. The fourth-order valence-electron chi connectivity index (χ4n) is 1.24. The molecule has 0 fully saturated rings. The van der Waals surface area contributed by atoms with E-state index in [1.807, 2.05) is 6.08 Å². The molecule has 0 bridgehead atoms. The Bertz CT molecular complexity index is 122. The van der Waals surface area contributed by atoms with Gasteiger partial charge in [0.05, 0.1) is 0 Å². The second kappa shape index (κ2) is 4.32. The molecule has 0 nitrogen and oxygen atoms in total. The molecule has 0 spiro atoms. The van der Waals surface area contributed by atoms with Crippen LogP contribution >= 0.6 is 0 Å². The molecule has 0 radical (unpaired) electrons. The zero-order valence-corrected chi connectivity index (χ0v) is 6.55. The summed E-state index contributed by atoms with van der Waals surface area (Å²) in [5.41, 5.74) is 0. The molecule has 1 aliphatic carbocycles. The number of hydrogen-bond donors (Lipinski definition) is 0. The summed E-state index contributed by atoms with van der Waals surface area (Å²) >= 11 is 0. The highest BCUT2D eigenvalue weighted by atomic mass is 14.1. The minimum absolute atomic E-state index is 0.921. The maximum atomic E-state index is 3.70. The standard InChI is InChI=1S/C10H16/c1-2-3-4-5-7-10-8-6-9-10/h2,6,8,10H,1,3-5,7,9H2. The van der Waals surface area contributed by atoms with Crippen molar-refractivity contribution in [3.63, 3.8) is 0 Å². The third-order valence-corrected chi connectivity index (χ3v) is 2.08. The molecule has 1 atom stereocenters. The van der Waals surface area contributed by atoms with E-state index in [2.05, 4.69) is 18.7 Å². The smallest absolute Gasteiger partial charge is 0.0199 e. The molecular formula is C10H16. The average Bonchev–Trinajstić information content (AvgIpc) is 1.84. The predicted molar refractivity (Wildman–Crippen MR) is 45.9 cm³/mol. The van der Waals surface area contributed by atoms with Gasteiger partial charge in [0, 0.05) is 0 Å². The van der Waals surface area contributed by atoms with Crippen molar-refractivity contribution in [2.24, 2.45) is 5.92 Å². The van der Waals surface area contributed by atoms with Gasteiger partial charge >= 0.3 is 0 Å². The summed E-state index contributed by atoms with van der Waals surface area (Å²) in [6, 6.07) is 0. The Hall–Kier alpha value is -0.520. The Morgan fingerprint density at radius 2 is 2.30 bits per heavy atom. The fourth-order valence-corrected chi connectivity index (χ4v) is 1.24. The first-order valence-electron chi connectivity index (χ1n) is 4.21. The van der Waals surface area contributed by atoms with E-state index >= 15 is 0 Å². The molecule has 0 aromatic rings. The van der Waals surface area contributed by atoms with E-state index in [4.69, 9.17) is 0 Å². The van der Waals surface area contributed by atoms with Crippen LogP contribution in [0.3, 0.4) is 0 Å². The van der Waals surface area contributed by atoms with Gasteiger partial charge in [-0.2, -0.15) is 0 Å². The normalized spacial score (nSPS) is 22.2. The van der Waals surface area contributed by atoms with Crippen molar-refractivity contribution in [1.82, 2.24) is 0 Å². The summed E-state index contributed by atoms with van der Waals surface area (Å²) in [5.74, 6) is 0.921. The van der Waals surface area contributed by atoms with E-state index in [1.165, 1.54) is 32.1 Å². The van der Waals surface area contributed by atoms with Gasteiger partial charge < -0.3 is 0 Å². The number of rotatable bonds is 5. The molecule has 0 aliphatic heterocycles. The molecule has 56 valence electrons. The van der Waals surface area contributed by atoms with Gasteiger partial charge in [-0.3, -0.25) is 0 Å². The summed E-state index contributed by atoms with van der Waals surface area (Å²) < 4.78 is 0. The molecule has 0 heterocycles. The van der Waals surface area contributed by atoms with E-state index in [9.17, 15) is 0 Å². The SMILES string of the molecule is C=CCCCCC1C=CC1. The lowest BCUT2D eigenvalue weighted by Gasteiger charge is -2.16. The van der Waals surface area contributed by atoms with Crippen molar-refractivity contribution in [2.75, 3.05) is 0 Å². The largest absolute Gasteiger partial charge is 0.103 e. The van der Waals surface area contributed by atoms with E-state index < -0.39 is 0 Å². The second-order valence-corrected chi connectivity index (χ2v) is 3.00. The Kier molecular flexibility index (Phi) is 3.28. The Morgan fingerprint density at radius 3 is 2.80 bits per heavy atom. The second-order valence-electron chi connectivity index (χ2n) is 3.00. The van der Waals surface area contributed by atoms with Crippen LogP contribution in [0.4, 0.5) is 0 Å². The maximum Gasteiger partial charge on any atom is -0.0199 e. The van der Waals surface area contributed by atoms with Crippen molar-refractivity contribution >= 4 is 0 Å². The molecule has 1 unspecified atom stereocenters. The summed E-state index contributed by atoms with van der Waals surface area (Å²) in [6.45, 7) is 3.70. The monoisotopic (exact) mass is 136 g/mol. The van der Waals surface area contributed by atoms with E-state index in [1.54, 1.807) is 0 Å². The van der Waals surface area contributed by atoms with Crippen LogP contribution in [0, 0.1) is 5.92 Å². The summed E-state index contributed by atoms with van der Waals surface area (Å²) in [7, 11) is 0. The molecule has 0 heteroatoms. The summed E-state index contributed by atoms with van der Waals surface area (Å²) in [6.07, 6.45) is 13.2. The fraction of sp³-hybridized carbons (Fsp3) is 0.600. The van der Waals surface area contributed by atoms with Crippen LogP contribution in [-0.4, -0.2) is 0 Å². The van der Waals surface area contributed by atoms with Gasteiger partial charge in [-0.15, -0.1) is 6.58 Å². The molecular weight excluding hydrogens is 120 g/mol. The highest BCUT2D eigenvalue weighted by Gasteiger charge is 2.07. The maximum absolute atomic E-state index is 3.70. The molecule has 1 rings (SSSR count). The van der Waals surface area contributed by atoms with E-state index in [-0.39, 0.29) is 0 Å². The molecule has 0 amide bonds. The van der Waals surface area contributed by atoms with Gasteiger partial charge in [-0.05, 0) is 31.6 Å². The third kappa shape index (κ3) is 2.38. The zero-order valence-electron chi connectivity index (χ0n) is 6.55. The summed E-state index contributed by atoms with van der Waals surface area (Å²) in [5, 5.41) is 0. The highest BCUT2D eigenvalue weighted by Crippen LogP contribution is 2.22. The Labute approximate surface area is 63.6 Å². The zero-order chi connectivity index (χ0) is 7.23. The van der Waals surface area contributed by atoms with Crippen molar-refractivity contribution in [3.8, 4) is 0 Å². The Morgan fingerprint density at radius 1 is 1.50 bits per heavy atom. The number of allylic oxidation sites excluding steroid dienone is 3. The molecule has 0 N–H and O–H groups in total. The molecule has 0 aromatic carbocycles. The predicted octanol–water partition coefficient (Wildman–Crippen LogP) is 3.31. The van der Waals surface area contributed by atoms with Gasteiger partial charge in [-0.1, -0.05) is 24.6 Å². The van der Waals surface area contributed by atoms with Crippen molar-refractivity contribution in [3.05, 3.63) is 24.8 Å². The first-order chi connectivity index (χ1) is 4.93. The molecule has 1 aliphatic rings. The summed E-state index contributed by atoms with van der Waals surface area (Å²) in [4.78, 5) is 0. The first-order valence-corrected chi connectivity index (χ1v) is 4.21. The molecule has 0 saturated carbocycles. The van der Waals surface area contributed by atoms with Crippen molar-refractivity contribution in [2.45, 2.75) is 32.1 Å². The quantitative estimate of drug-likeness (QED) is 0.402. The topological polar surface area (TPSA) is 0 Å². The number of hydrogen-bond acceptors (Lipinski definition) is 0. The third-order valence-electron chi connectivity index (χ3n) is 2.08. The Balaban J connectivity index is 1.85. The van der Waals surface area contributed by atoms with Gasteiger partial charge in [-0.25, -0.2) is 0 Å². The van der Waals surface area contributed by atoms with E-state index in [0.29, 0.717) is 0 Å². The lowest BCUT2D eigenvalue weighted by molar-refractivity contribution is 0.519. The van der Waals surface area contributed by atoms with Crippen LogP contribution in [0.15, 0.2) is 24.8 Å². The molecule has 0 saturated heterocycles. The van der Waals surface area contributed by atoms with Gasteiger partial charge in [0.15, 0.2) is 0 Å². The van der Waals surface area contributed by atoms with Gasteiger partial charge in [0.25, 0.3) is 0 Å². The van der Waals surface area contributed by atoms with Crippen LogP contribution in [-0.2, 0) is 0 Å². The van der Waals surface area contributed by atoms with Crippen LogP contribution in [0.5, 0.6) is 0 Å². The highest BCUT2D eigenvalue weighted by molar-refractivity contribution is 5.01. The van der Waals surface area contributed by atoms with Crippen LogP contribution in [0.2, 0.25) is 0 Å². The van der Waals surface area contributed by atoms with Crippen molar-refractivity contribution < 1.29 is 0 Å². The lowest BCUT2D eigenvalue weighted by Crippen LogP contribution is -2.01. The van der Waals surface area contributed by atoms with Gasteiger partial charge in [0.2, 0.25) is 0 Å². The van der Waals surface area contributed by atoms with Crippen molar-refractivity contribution in [1.29, 1.82) is 0 Å². The van der Waals surface area contributed by atoms with Crippen LogP contribution in [0.25, 0.3) is 0 Å². The molecule has 0 aromatic heterocycles. The number of unbranched alkanes of at least 4 members (excludes halogenated alkanes) is 2. The minimum atomic E-state index is 0.921. The van der Waals surface area contributed by atoms with Crippen LogP contribution < -0.4 is 0 Å². The minimum Gasteiger partial charge on any atom is -0.103 e.